The van der Waals surface area contributed by atoms with Crippen molar-refractivity contribution in [1.29, 1.82) is 0 Å². The maximum Gasteiger partial charge on any atom is 0.134 e. The van der Waals surface area contributed by atoms with Gasteiger partial charge in [0.15, 0.2) is 0 Å². The molecule has 0 radical (unpaired) electrons. The Balaban J connectivity index is 1.89. The van der Waals surface area contributed by atoms with E-state index in [1.165, 1.54) is 10.9 Å². The van der Waals surface area contributed by atoms with Crippen molar-refractivity contribution in [1.82, 2.24) is 0 Å². The first-order chi connectivity index (χ1) is 7.92. The quantitative estimate of drug-likeness (QED) is 0.688. The highest BCUT2D eigenvalue weighted by Gasteiger charge is 2.03. The Hall–Kier alpha value is -1.28. The van der Waals surface area contributed by atoms with Gasteiger partial charge in [0.2, 0.25) is 0 Å². The van der Waals surface area contributed by atoms with E-state index in [4.69, 9.17) is 9.15 Å². The number of hydrogen-bond acceptors (Lipinski definition) is 2. The molecule has 16 heavy (non-hydrogen) atoms. The van der Waals surface area contributed by atoms with Crippen LogP contribution in [0.1, 0.15) is 25.3 Å². The molecule has 0 saturated carbocycles. The summed E-state index contributed by atoms with van der Waals surface area (Å²) in [5, 5.41) is 1.23. The minimum atomic E-state index is 0.841. The van der Waals surface area contributed by atoms with Gasteiger partial charge in [-0.3, -0.25) is 0 Å². The summed E-state index contributed by atoms with van der Waals surface area (Å²) >= 11 is 0. The van der Waals surface area contributed by atoms with Crippen molar-refractivity contribution in [3.05, 3.63) is 36.1 Å². The monoisotopic (exact) mass is 218 g/mol. The molecule has 2 nitrogen and oxygen atoms in total. The number of aryl methyl sites for hydroxylation is 1. The average Bonchev–Trinajstić information content (AvgIpc) is 2.73. The van der Waals surface area contributed by atoms with Crippen LogP contribution in [-0.2, 0) is 11.2 Å². The maximum absolute atomic E-state index is 5.49. The summed E-state index contributed by atoms with van der Waals surface area (Å²) in [6.07, 6.45) is 5.05. The topological polar surface area (TPSA) is 22.4 Å². The molecule has 0 aliphatic carbocycles. The number of benzene rings is 1. The van der Waals surface area contributed by atoms with E-state index in [1.807, 2.05) is 18.4 Å². The summed E-state index contributed by atoms with van der Waals surface area (Å²) in [6, 6.07) is 8.17. The fourth-order valence-corrected chi connectivity index (χ4v) is 1.84. The molecule has 2 aromatic rings. The van der Waals surface area contributed by atoms with E-state index in [-0.39, 0.29) is 0 Å². The Morgan fingerprint density at radius 2 is 2.06 bits per heavy atom. The first-order valence-corrected chi connectivity index (χ1v) is 5.94. The third-order valence-electron chi connectivity index (χ3n) is 2.64. The van der Waals surface area contributed by atoms with Gasteiger partial charge >= 0.3 is 0 Å². The summed E-state index contributed by atoms with van der Waals surface area (Å²) in [7, 11) is 0. The standard InChI is InChI=1S/C14H18O2/c1-2-9-15-10-5-6-12-11-16-14-8-4-3-7-13(12)14/h3-4,7-8,11H,2,5-6,9-10H2,1H3. The van der Waals surface area contributed by atoms with Crippen molar-refractivity contribution < 1.29 is 9.15 Å². The third-order valence-corrected chi connectivity index (χ3v) is 2.64. The lowest BCUT2D eigenvalue weighted by atomic mass is 10.1. The predicted octanol–water partition coefficient (Wildman–Crippen LogP) is 3.79. The van der Waals surface area contributed by atoms with Crippen LogP contribution in [-0.4, -0.2) is 13.2 Å². The summed E-state index contributed by atoms with van der Waals surface area (Å²) < 4.78 is 10.9. The highest BCUT2D eigenvalue weighted by molar-refractivity contribution is 5.80. The lowest BCUT2D eigenvalue weighted by Gasteiger charge is -2.01. The zero-order valence-corrected chi connectivity index (χ0v) is 9.74. The fourth-order valence-electron chi connectivity index (χ4n) is 1.84. The number of fused-ring (bicyclic) bond motifs is 1. The zero-order chi connectivity index (χ0) is 11.2. The van der Waals surface area contributed by atoms with Crippen LogP contribution >= 0.6 is 0 Å². The highest BCUT2D eigenvalue weighted by Crippen LogP contribution is 2.21. The van der Waals surface area contributed by atoms with E-state index in [2.05, 4.69) is 19.1 Å². The van der Waals surface area contributed by atoms with Crippen LogP contribution in [0.15, 0.2) is 34.9 Å². The molecule has 0 fully saturated rings. The zero-order valence-electron chi connectivity index (χ0n) is 9.74. The fraction of sp³-hybridized carbons (Fsp3) is 0.429. The van der Waals surface area contributed by atoms with Crippen molar-refractivity contribution in [2.45, 2.75) is 26.2 Å². The summed E-state index contributed by atoms with van der Waals surface area (Å²) in [5.41, 5.74) is 2.27. The number of rotatable bonds is 6. The van der Waals surface area contributed by atoms with E-state index < -0.39 is 0 Å². The van der Waals surface area contributed by atoms with E-state index in [9.17, 15) is 0 Å². The molecule has 2 rings (SSSR count). The smallest absolute Gasteiger partial charge is 0.134 e. The van der Waals surface area contributed by atoms with Crippen molar-refractivity contribution in [2.75, 3.05) is 13.2 Å². The minimum Gasteiger partial charge on any atom is -0.464 e. The number of furan rings is 1. The van der Waals surface area contributed by atoms with E-state index in [0.717, 1.165) is 38.1 Å². The third kappa shape index (κ3) is 2.64. The molecule has 1 aromatic carbocycles. The van der Waals surface area contributed by atoms with Gasteiger partial charge in [0.25, 0.3) is 0 Å². The van der Waals surface area contributed by atoms with Gasteiger partial charge in [-0.15, -0.1) is 0 Å². The number of para-hydroxylation sites is 1. The molecule has 0 amide bonds. The Morgan fingerprint density at radius 1 is 1.19 bits per heavy atom. The molecule has 0 saturated heterocycles. The molecule has 0 spiro atoms. The Bertz CT molecular complexity index is 431. The first kappa shape index (κ1) is 11.2. The van der Waals surface area contributed by atoms with Crippen LogP contribution in [0.2, 0.25) is 0 Å². The molecular formula is C14H18O2. The van der Waals surface area contributed by atoms with E-state index in [0.29, 0.717) is 0 Å². The Labute approximate surface area is 96.2 Å². The van der Waals surface area contributed by atoms with Crippen LogP contribution in [0.3, 0.4) is 0 Å². The minimum absolute atomic E-state index is 0.841. The molecule has 0 bridgehead atoms. The molecule has 0 aliphatic rings. The average molecular weight is 218 g/mol. The second-order valence-corrected chi connectivity index (χ2v) is 3.97. The second kappa shape index (κ2) is 5.71. The van der Waals surface area contributed by atoms with Gasteiger partial charge in [0, 0.05) is 18.6 Å². The maximum atomic E-state index is 5.49. The van der Waals surface area contributed by atoms with Crippen molar-refractivity contribution in [3.63, 3.8) is 0 Å². The van der Waals surface area contributed by atoms with Crippen LogP contribution in [0, 0.1) is 0 Å². The molecule has 86 valence electrons. The van der Waals surface area contributed by atoms with Crippen LogP contribution in [0.4, 0.5) is 0 Å². The first-order valence-electron chi connectivity index (χ1n) is 5.94. The molecule has 1 heterocycles. The van der Waals surface area contributed by atoms with E-state index >= 15 is 0 Å². The van der Waals surface area contributed by atoms with Gasteiger partial charge in [0.1, 0.15) is 5.58 Å². The predicted molar refractivity (Wildman–Crippen MR) is 65.6 cm³/mol. The second-order valence-electron chi connectivity index (χ2n) is 3.97. The van der Waals surface area contributed by atoms with Crippen molar-refractivity contribution in [3.8, 4) is 0 Å². The molecule has 1 aromatic heterocycles. The lowest BCUT2D eigenvalue weighted by molar-refractivity contribution is 0.132. The van der Waals surface area contributed by atoms with Gasteiger partial charge in [-0.1, -0.05) is 25.1 Å². The van der Waals surface area contributed by atoms with Crippen molar-refractivity contribution in [2.24, 2.45) is 0 Å². The number of hydrogen-bond donors (Lipinski definition) is 0. The van der Waals surface area contributed by atoms with Crippen molar-refractivity contribution >= 4 is 11.0 Å². The summed E-state index contributed by atoms with van der Waals surface area (Å²) in [6.45, 7) is 3.84. The van der Waals surface area contributed by atoms with E-state index in [1.54, 1.807) is 0 Å². The van der Waals surface area contributed by atoms with Crippen LogP contribution in [0.25, 0.3) is 11.0 Å². The van der Waals surface area contributed by atoms with Gasteiger partial charge < -0.3 is 9.15 Å². The van der Waals surface area contributed by atoms with Crippen LogP contribution in [0.5, 0.6) is 0 Å². The van der Waals surface area contributed by atoms with Gasteiger partial charge in [0.05, 0.1) is 6.26 Å². The summed E-state index contributed by atoms with van der Waals surface area (Å²) in [4.78, 5) is 0. The number of ether oxygens (including phenoxy) is 1. The molecule has 0 aliphatic heterocycles. The Kier molecular flexibility index (Phi) is 4.00. The molecule has 0 N–H and O–H groups in total. The SMILES string of the molecule is CCCOCCCc1coc2ccccc12. The molecule has 2 heteroatoms. The molecule has 0 unspecified atom stereocenters. The van der Waals surface area contributed by atoms with Crippen LogP contribution < -0.4 is 0 Å². The lowest BCUT2D eigenvalue weighted by Crippen LogP contribution is -1.97. The van der Waals surface area contributed by atoms with Gasteiger partial charge in [-0.25, -0.2) is 0 Å². The largest absolute Gasteiger partial charge is 0.464 e. The molecule has 0 atom stereocenters. The highest BCUT2D eigenvalue weighted by atomic mass is 16.5. The van der Waals surface area contributed by atoms with Gasteiger partial charge in [-0.05, 0) is 30.9 Å². The van der Waals surface area contributed by atoms with Gasteiger partial charge in [-0.2, -0.15) is 0 Å². The Morgan fingerprint density at radius 3 is 2.94 bits per heavy atom. The summed E-state index contributed by atoms with van der Waals surface area (Å²) in [5.74, 6) is 0. The molecular weight excluding hydrogens is 200 g/mol. The normalized spacial score (nSPS) is 11.1.